The number of piperidine rings is 3. The maximum atomic E-state index is 13.0. The lowest BCUT2D eigenvalue weighted by Crippen LogP contribution is -2.59. The lowest BCUT2D eigenvalue weighted by atomic mass is 9.76. The summed E-state index contributed by atoms with van der Waals surface area (Å²) in [5, 5.41) is 6.50. The van der Waals surface area contributed by atoms with E-state index < -0.39 is 0 Å². The monoisotopic (exact) mass is 293 g/mol. The zero-order chi connectivity index (χ0) is 14.9. The molecule has 0 spiro atoms. The first-order valence-corrected chi connectivity index (χ1v) is 8.44. The van der Waals surface area contributed by atoms with E-state index in [0.717, 1.165) is 58.3 Å². The fraction of sp³-hybridized carbons (Fsp3) is 0.875. The molecule has 3 aliphatic rings. The maximum absolute atomic E-state index is 13.0. The van der Waals surface area contributed by atoms with Gasteiger partial charge in [0.1, 0.15) is 0 Å². The van der Waals surface area contributed by atoms with Crippen molar-refractivity contribution < 1.29 is 9.59 Å². The first-order valence-electron chi connectivity index (χ1n) is 8.44. The van der Waals surface area contributed by atoms with Crippen LogP contribution in [0, 0.1) is 11.3 Å². The summed E-state index contributed by atoms with van der Waals surface area (Å²) in [6, 6.07) is 0.289. The van der Waals surface area contributed by atoms with Crippen molar-refractivity contribution in [3.8, 4) is 0 Å². The van der Waals surface area contributed by atoms with Crippen molar-refractivity contribution >= 4 is 11.8 Å². The van der Waals surface area contributed by atoms with Crippen LogP contribution in [-0.2, 0) is 9.59 Å². The summed E-state index contributed by atoms with van der Waals surface area (Å²) in [6.45, 7) is 5.61. The lowest BCUT2D eigenvalue weighted by molar-refractivity contribution is -0.146. The van der Waals surface area contributed by atoms with Crippen LogP contribution in [0.5, 0.6) is 0 Å². The summed E-state index contributed by atoms with van der Waals surface area (Å²) in [6.07, 6.45) is 5.48. The molecule has 3 atom stereocenters. The van der Waals surface area contributed by atoms with Crippen LogP contribution < -0.4 is 10.6 Å². The summed E-state index contributed by atoms with van der Waals surface area (Å²) in [4.78, 5) is 26.6. The lowest BCUT2D eigenvalue weighted by Gasteiger charge is -2.45. The highest BCUT2D eigenvalue weighted by Gasteiger charge is 2.43. The van der Waals surface area contributed by atoms with E-state index >= 15 is 0 Å². The molecule has 3 rings (SSSR count). The Morgan fingerprint density at radius 3 is 3.00 bits per heavy atom. The fourth-order valence-corrected chi connectivity index (χ4v) is 4.23. The van der Waals surface area contributed by atoms with Crippen LogP contribution in [0.3, 0.4) is 0 Å². The molecule has 3 unspecified atom stereocenters. The number of hydrogen-bond donors (Lipinski definition) is 2. The predicted octanol–water partition coefficient (Wildman–Crippen LogP) is 0.893. The van der Waals surface area contributed by atoms with E-state index in [1.54, 1.807) is 0 Å². The highest BCUT2D eigenvalue weighted by atomic mass is 16.2. The van der Waals surface area contributed by atoms with Gasteiger partial charge in [0.2, 0.25) is 11.8 Å². The maximum Gasteiger partial charge on any atom is 0.230 e. The summed E-state index contributed by atoms with van der Waals surface area (Å²) >= 11 is 0. The predicted molar refractivity (Wildman–Crippen MR) is 80.7 cm³/mol. The van der Waals surface area contributed by atoms with Crippen LogP contribution in [0.25, 0.3) is 0 Å². The van der Waals surface area contributed by atoms with Gasteiger partial charge in [0.15, 0.2) is 0 Å². The highest BCUT2D eigenvalue weighted by molar-refractivity contribution is 5.83. The van der Waals surface area contributed by atoms with Gasteiger partial charge in [0, 0.05) is 32.1 Å². The van der Waals surface area contributed by atoms with Gasteiger partial charge in [-0.15, -0.1) is 0 Å². The van der Waals surface area contributed by atoms with Crippen molar-refractivity contribution in [2.45, 2.75) is 51.5 Å². The molecule has 2 amide bonds. The number of amides is 2. The molecule has 3 aliphatic heterocycles. The first-order chi connectivity index (χ1) is 10.1. The molecule has 0 aliphatic carbocycles. The number of fused-ring (bicyclic) bond motifs is 1. The van der Waals surface area contributed by atoms with Crippen LogP contribution in [0.15, 0.2) is 0 Å². The zero-order valence-electron chi connectivity index (χ0n) is 13.0. The SMILES string of the molecule is CCC1(C(=O)N2CCC3NC(=O)CCC3C2)CCCNC1. The Hall–Kier alpha value is -1.10. The Balaban J connectivity index is 1.67. The second kappa shape index (κ2) is 5.95. The van der Waals surface area contributed by atoms with E-state index in [2.05, 4.69) is 22.5 Å². The Morgan fingerprint density at radius 1 is 1.43 bits per heavy atom. The molecule has 5 heteroatoms. The minimum absolute atomic E-state index is 0.178. The molecule has 0 aromatic carbocycles. The van der Waals surface area contributed by atoms with Crippen molar-refractivity contribution in [2.75, 3.05) is 26.2 Å². The molecular formula is C16H27N3O2. The van der Waals surface area contributed by atoms with Crippen molar-refractivity contribution in [1.82, 2.24) is 15.5 Å². The Bertz CT molecular complexity index is 418. The smallest absolute Gasteiger partial charge is 0.230 e. The average Bonchev–Trinajstić information content (AvgIpc) is 2.54. The molecule has 0 radical (unpaired) electrons. The third-order valence-corrected chi connectivity index (χ3v) is 5.71. The van der Waals surface area contributed by atoms with Gasteiger partial charge in [-0.2, -0.15) is 0 Å². The number of rotatable bonds is 2. The molecule has 118 valence electrons. The number of nitrogens with zero attached hydrogens (tertiary/aromatic N) is 1. The molecule has 2 N–H and O–H groups in total. The summed E-state index contributed by atoms with van der Waals surface area (Å²) in [5.74, 6) is 0.968. The molecule has 0 aromatic heterocycles. The van der Waals surface area contributed by atoms with Crippen molar-refractivity contribution in [1.29, 1.82) is 0 Å². The second-order valence-corrected chi connectivity index (χ2v) is 6.93. The number of carbonyl (C=O) groups is 2. The second-order valence-electron chi connectivity index (χ2n) is 6.93. The Morgan fingerprint density at radius 2 is 2.29 bits per heavy atom. The normalized spacial score (nSPS) is 36.8. The molecule has 0 saturated carbocycles. The molecule has 5 nitrogen and oxygen atoms in total. The van der Waals surface area contributed by atoms with Crippen LogP contribution in [0.2, 0.25) is 0 Å². The minimum Gasteiger partial charge on any atom is -0.353 e. The molecule has 3 saturated heterocycles. The number of carbonyl (C=O) groups excluding carboxylic acids is 2. The first kappa shape index (κ1) is 14.8. The van der Waals surface area contributed by atoms with E-state index in [0.29, 0.717) is 18.2 Å². The van der Waals surface area contributed by atoms with Gasteiger partial charge in [-0.3, -0.25) is 9.59 Å². The van der Waals surface area contributed by atoms with Gasteiger partial charge in [0.25, 0.3) is 0 Å². The van der Waals surface area contributed by atoms with E-state index in [1.807, 2.05) is 0 Å². The quantitative estimate of drug-likeness (QED) is 0.795. The van der Waals surface area contributed by atoms with Gasteiger partial charge >= 0.3 is 0 Å². The van der Waals surface area contributed by atoms with Gasteiger partial charge in [-0.25, -0.2) is 0 Å². The van der Waals surface area contributed by atoms with Crippen molar-refractivity contribution in [3.63, 3.8) is 0 Å². The Labute approximate surface area is 126 Å². The average molecular weight is 293 g/mol. The molecule has 0 aromatic rings. The minimum atomic E-state index is -0.191. The number of hydrogen-bond acceptors (Lipinski definition) is 3. The highest BCUT2D eigenvalue weighted by Crippen LogP contribution is 2.35. The van der Waals surface area contributed by atoms with Crippen molar-refractivity contribution in [3.05, 3.63) is 0 Å². The van der Waals surface area contributed by atoms with Gasteiger partial charge in [-0.05, 0) is 44.6 Å². The van der Waals surface area contributed by atoms with Crippen LogP contribution in [0.4, 0.5) is 0 Å². The number of nitrogens with one attached hydrogen (secondary N) is 2. The molecular weight excluding hydrogens is 266 g/mol. The third kappa shape index (κ3) is 2.80. The number of likely N-dealkylation sites (tertiary alicyclic amines) is 1. The van der Waals surface area contributed by atoms with Crippen molar-refractivity contribution in [2.24, 2.45) is 11.3 Å². The molecule has 0 bridgehead atoms. The molecule has 3 heterocycles. The van der Waals surface area contributed by atoms with E-state index in [4.69, 9.17) is 0 Å². The van der Waals surface area contributed by atoms with E-state index in [-0.39, 0.29) is 17.4 Å². The van der Waals surface area contributed by atoms with E-state index in [9.17, 15) is 9.59 Å². The standard InChI is InChI=1S/C16H27N3O2/c1-2-16(7-3-8-17-11-16)15(21)19-9-6-13-12(10-19)4-5-14(20)18-13/h12-13,17H,2-11H2,1H3,(H,18,20). The van der Waals surface area contributed by atoms with E-state index in [1.165, 1.54) is 0 Å². The van der Waals surface area contributed by atoms with Crippen LogP contribution in [-0.4, -0.2) is 48.9 Å². The van der Waals surface area contributed by atoms with Gasteiger partial charge in [0.05, 0.1) is 5.41 Å². The molecule has 21 heavy (non-hydrogen) atoms. The fourth-order valence-electron chi connectivity index (χ4n) is 4.23. The molecule has 3 fully saturated rings. The largest absolute Gasteiger partial charge is 0.353 e. The Kier molecular flexibility index (Phi) is 4.20. The van der Waals surface area contributed by atoms with Crippen LogP contribution >= 0.6 is 0 Å². The summed E-state index contributed by atoms with van der Waals surface area (Å²) in [7, 11) is 0. The topological polar surface area (TPSA) is 61.4 Å². The van der Waals surface area contributed by atoms with Gasteiger partial charge in [-0.1, -0.05) is 6.92 Å². The van der Waals surface area contributed by atoms with Gasteiger partial charge < -0.3 is 15.5 Å². The third-order valence-electron chi connectivity index (χ3n) is 5.71. The zero-order valence-corrected chi connectivity index (χ0v) is 13.0. The van der Waals surface area contributed by atoms with Crippen LogP contribution in [0.1, 0.15) is 45.4 Å². The summed E-state index contributed by atoms with van der Waals surface area (Å²) in [5.41, 5.74) is -0.191. The summed E-state index contributed by atoms with van der Waals surface area (Å²) < 4.78 is 0.